The van der Waals surface area contributed by atoms with Crippen molar-refractivity contribution in [3.8, 4) is 33.8 Å². The van der Waals surface area contributed by atoms with E-state index in [-0.39, 0.29) is 27.9 Å². The van der Waals surface area contributed by atoms with Crippen LogP contribution >= 0.6 is 0 Å². The number of anilines is 15. The minimum Gasteiger partial charge on any atom is -0.311 e. The quantitative estimate of drug-likeness (QED) is 0.120. The summed E-state index contributed by atoms with van der Waals surface area (Å²) in [5.74, 6) is 1.65. The summed E-state index contributed by atoms with van der Waals surface area (Å²) < 4.78 is 10.7. The summed E-state index contributed by atoms with van der Waals surface area (Å²) in [4.78, 5) is 12.5. The molecule has 0 N–H and O–H groups in total. The molecular weight excluding hydrogens is 1270 g/mol. The van der Waals surface area contributed by atoms with Crippen molar-refractivity contribution in [2.45, 2.75) is 0 Å². The van der Waals surface area contributed by atoms with Crippen LogP contribution in [0.3, 0.4) is 0 Å². The number of rotatable bonds is 11. The molecule has 0 saturated heterocycles. The molecule has 6 nitrogen and oxygen atoms in total. The van der Waals surface area contributed by atoms with Crippen LogP contribution in [0.1, 0.15) is 0 Å². The molecule has 0 radical (unpaired) electrons. The van der Waals surface area contributed by atoms with Gasteiger partial charge in [-0.25, -0.2) is 0 Å². The number of hydrogen-bond acceptors (Lipinski definition) is 6. The van der Waals surface area contributed by atoms with Crippen molar-refractivity contribution in [2.24, 2.45) is 0 Å². The van der Waals surface area contributed by atoms with Crippen LogP contribution in [0.2, 0.25) is 0 Å². The monoisotopic (exact) mass is 1330 g/mol. The molecule has 99 heavy (non-hydrogen) atoms. The van der Waals surface area contributed by atoms with E-state index in [1.165, 1.54) is 41.1 Å². The van der Waals surface area contributed by atoms with Crippen LogP contribution in [0.4, 0.5) is 85.3 Å². The van der Waals surface area contributed by atoms with Crippen molar-refractivity contribution in [3.05, 3.63) is 358 Å². The molecule has 0 unspecified atom stereocenters. The average molecular weight is 1330 g/mol. The number of para-hydroxylation sites is 8. The van der Waals surface area contributed by atoms with E-state index < -0.39 is 0 Å². The fraction of sp³-hybridized carbons (Fsp3) is 0. The summed E-state index contributed by atoms with van der Waals surface area (Å²) >= 11 is 0.161. The third-order valence-corrected chi connectivity index (χ3v) is 22.8. The molecule has 0 bridgehead atoms. The van der Waals surface area contributed by atoms with Gasteiger partial charge in [0.2, 0.25) is 0 Å². The summed E-state index contributed by atoms with van der Waals surface area (Å²) in [5, 5.41) is 2.60. The van der Waals surface area contributed by atoms with Crippen LogP contribution in [0, 0.1) is 0 Å². The zero-order valence-electron chi connectivity index (χ0n) is 53.8. The van der Waals surface area contributed by atoms with Crippen molar-refractivity contribution < 1.29 is 4.74 Å². The van der Waals surface area contributed by atoms with Gasteiger partial charge in [-0.05, 0) is 48.5 Å². The Morgan fingerprint density at radius 1 is 0.263 bits per heavy atom. The maximum absolute atomic E-state index is 7.89. The second kappa shape index (κ2) is 23.3. The topological polar surface area (TPSA) is 25.4 Å². The van der Waals surface area contributed by atoms with Crippen LogP contribution in [0.25, 0.3) is 41.5 Å². The van der Waals surface area contributed by atoms with Gasteiger partial charge >= 0.3 is 365 Å². The average Bonchev–Trinajstić information content (AvgIpc) is 0.830. The minimum atomic E-state index is -0.231. The third kappa shape index (κ3) is 9.20. The molecule has 0 saturated carbocycles. The zero-order chi connectivity index (χ0) is 65.1. The van der Waals surface area contributed by atoms with Gasteiger partial charge in [-0.1, -0.05) is 146 Å². The zero-order valence-corrected chi connectivity index (χ0v) is 55.5. The first-order valence-corrected chi connectivity index (χ1v) is 35.7. The van der Waals surface area contributed by atoms with E-state index in [1.807, 2.05) is 0 Å². The molecular formula is C90H59B2N5OSe. The van der Waals surface area contributed by atoms with Gasteiger partial charge in [0.25, 0.3) is 0 Å². The van der Waals surface area contributed by atoms with Crippen molar-refractivity contribution in [1.82, 2.24) is 0 Å². The van der Waals surface area contributed by atoms with Crippen LogP contribution in [-0.4, -0.2) is 27.9 Å². The molecule has 5 heterocycles. The van der Waals surface area contributed by atoms with E-state index in [2.05, 4.69) is 382 Å². The number of benzene rings is 15. The Morgan fingerprint density at radius 3 is 1.40 bits per heavy atom. The second-order valence-corrected chi connectivity index (χ2v) is 28.1. The molecule has 4 aliphatic rings. The minimum absolute atomic E-state index is 0.161. The van der Waals surface area contributed by atoms with Gasteiger partial charge in [0.1, 0.15) is 0 Å². The van der Waals surface area contributed by atoms with Gasteiger partial charge in [-0.3, -0.25) is 0 Å². The van der Waals surface area contributed by atoms with Crippen molar-refractivity contribution in [2.75, 3.05) is 24.5 Å². The summed E-state index contributed by atoms with van der Waals surface area (Å²) in [7, 11) is 0. The molecule has 0 aliphatic carbocycles. The number of ether oxygens (including phenoxy) is 1. The fourth-order valence-electron chi connectivity index (χ4n) is 16.3. The molecule has 0 fully saturated rings. The second-order valence-electron chi connectivity index (χ2n) is 25.9. The molecule has 16 aromatic rings. The Kier molecular flexibility index (Phi) is 13.4. The predicted molar refractivity (Wildman–Crippen MR) is 419 cm³/mol. The summed E-state index contributed by atoms with van der Waals surface area (Å²) in [6, 6.07) is 132. The Bertz CT molecular complexity index is 5800. The maximum atomic E-state index is 7.89. The molecule has 0 atom stereocenters. The Labute approximate surface area is 582 Å². The van der Waals surface area contributed by atoms with Crippen LogP contribution in [0.15, 0.2) is 358 Å². The Balaban J connectivity index is 0.897. The van der Waals surface area contributed by atoms with Gasteiger partial charge in [0.15, 0.2) is 0 Å². The standard InChI is InChI=1S/C90H59B2N5OSe/c1-7-29-60(30-8-1)69-41-19-24-46-77(69)94(64-37-15-5-16-38-64)67-54-82-89-83(55-67)97(78-47-25-20-42-70(78)61-31-9-2-10-32-61)80-49-27-23-45-74(80)91(89)75-58-76-85(59-81(75)96(82)66-51-52-88-72(53-66)71-43-21-28-50-87(71)99-88)98-86-57-68(93(62-33-11-3-12-34-62)63-35-13-4-14-36-63)56-84-90(86)92(76)73-44-22-26-48-79(73)95(84)65-39-17-6-18-40-65/h1-59H. The SMILES string of the molecule is c1ccc(-c2ccccc2N(c2ccccc2)c2cc3c4c(c2)N(c2ccccc2-c2ccccc2)c2ccccc2B4c2cc4c(cc2N3c2ccc3[se]c5ccccc5c3c2)Oc2cc(N(c3ccccc3)c3ccccc3)cc3c2B4c2ccccc2N3c2ccccc2)cc1. The summed E-state index contributed by atoms with van der Waals surface area (Å²) in [6.07, 6.45) is 0. The molecule has 15 aromatic carbocycles. The molecule has 1 aromatic heterocycles. The first kappa shape index (κ1) is 57.0. The number of nitrogens with zero attached hydrogens (tertiary/aromatic N) is 5. The van der Waals surface area contributed by atoms with Gasteiger partial charge in [0, 0.05) is 17.1 Å². The third-order valence-electron chi connectivity index (χ3n) is 20.4. The predicted octanol–water partition coefficient (Wildman–Crippen LogP) is 19.8. The first-order chi connectivity index (χ1) is 49.1. The Hall–Kier alpha value is -12.3. The van der Waals surface area contributed by atoms with Gasteiger partial charge in [-0.2, -0.15) is 0 Å². The molecule has 9 heteroatoms. The van der Waals surface area contributed by atoms with E-state index >= 15 is 0 Å². The summed E-state index contributed by atoms with van der Waals surface area (Å²) in [5.41, 5.74) is 27.8. The van der Waals surface area contributed by atoms with Crippen LogP contribution in [-0.2, 0) is 0 Å². The van der Waals surface area contributed by atoms with Crippen molar-refractivity contribution >= 4 is 165 Å². The number of hydrogen-bond donors (Lipinski definition) is 0. The molecule has 4 aliphatic heterocycles. The van der Waals surface area contributed by atoms with Crippen molar-refractivity contribution in [3.63, 3.8) is 0 Å². The van der Waals surface area contributed by atoms with Gasteiger partial charge in [0.05, 0.1) is 0 Å². The van der Waals surface area contributed by atoms with Gasteiger partial charge in [-0.15, -0.1) is 0 Å². The number of fused-ring (bicyclic) bond motifs is 11. The molecule has 20 rings (SSSR count). The van der Waals surface area contributed by atoms with E-state index in [9.17, 15) is 0 Å². The van der Waals surface area contributed by atoms with Crippen LogP contribution < -0.4 is 62.0 Å². The van der Waals surface area contributed by atoms with E-state index in [4.69, 9.17) is 4.74 Å². The van der Waals surface area contributed by atoms with E-state index in [0.717, 1.165) is 130 Å². The molecule has 462 valence electrons. The normalized spacial score (nSPS) is 12.8. The van der Waals surface area contributed by atoms with E-state index in [0.29, 0.717) is 0 Å². The van der Waals surface area contributed by atoms with Crippen molar-refractivity contribution in [1.29, 1.82) is 0 Å². The molecule has 0 spiro atoms. The summed E-state index contributed by atoms with van der Waals surface area (Å²) in [6.45, 7) is -0.436. The molecule has 0 amide bonds. The van der Waals surface area contributed by atoms with Gasteiger partial charge < -0.3 is 9.80 Å². The Morgan fingerprint density at radius 2 is 0.737 bits per heavy atom. The fourth-order valence-corrected chi connectivity index (χ4v) is 18.6. The first-order valence-electron chi connectivity index (χ1n) is 34.0. The smallest absolute Gasteiger partial charge is 0.311 e. The van der Waals surface area contributed by atoms with Crippen LogP contribution in [0.5, 0.6) is 11.5 Å². The van der Waals surface area contributed by atoms with E-state index in [1.54, 1.807) is 0 Å².